The molecule has 0 spiro atoms. The highest BCUT2D eigenvalue weighted by Gasteiger charge is 2.34. The van der Waals surface area contributed by atoms with Crippen LogP contribution in [0.15, 0.2) is 127 Å². The van der Waals surface area contributed by atoms with Crippen molar-refractivity contribution in [2.24, 2.45) is 0 Å². The predicted octanol–water partition coefficient (Wildman–Crippen LogP) is 8.23. The van der Waals surface area contributed by atoms with Gasteiger partial charge in [-0.3, -0.25) is 14.5 Å². The van der Waals surface area contributed by atoms with Crippen LogP contribution < -0.4 is 16.4 Å². The van der Waals surface area contributed by atoms with Crippen molar-refractivity contribution >= 4 is 23.2 Å². The van der Waals surface area contributed by atoms with Crippen LogP contribution in [0.4, 0.5) is 11.4 Å². The van der Waals surface area contributed by atoms with Gasteiger partial charge in [-0.15, -0.1) is 0 Å². The molecule has 10 heteroatoms. The van der Waals surface area contributed by atoms with Gasteiger partial charge >= 0.3 is 0 Å². The number of rotatable bonds is 18. The molecule has 0 radical (unpaired) electrons. The van der Waals surface area contributed by atoms with Gasteiger partial charge in [-0.05, 0) is 84.5 Å². The number of nitrogens with two attached hydrogens (primary N) is 1. The average Bonchev–Trinajstić information content (AvgIpc) is 3.26. The third-order valence-corrected chi connectivity index (χ3v) is 10.9. The number of nitrogen functional groups attached to an aromatic ring is 1. The van der Waals surface area contributed by atoms with Crippen molar-refractivity contribution in [3.63, 3.8) is 0 Å². The Morgan fingerprint density at radius 1 is 0.776 bits per heavy atom. The number of aliphatic hydroxyl groups is 2. The molecule has 0 unspecified atom stereocenters. The minimum Gasteiger partial charge on any atom is -0.397 e. The first kappa shape index (κ1) is 42.3. The third-order valence-electron chi connectivity index (χ3n) is 10.9. The molecule has 5 aromatic carbocycles. The number of ether oxygens (including phenoxy) is 2. The Labute approximate surface area is 342 Å². The molecule has 0 saturated carbocycles. The summed E-state index contributed by atoms with van der Waals surface area (Å²) in [5, 5.41) is 26.7. The Morgan fingerprint density at radius 2 is 1.47 bits per heavy atom. The van der Waals surface area contributed by atoms with E-state index in [4.69, 9.17) is 15.2 Å². The summed E-state index contributed by atoms with van der Waals surface area (Å²) < 4.78 is 13.3. The molecule has 1 heterocycles. The predicted molar refractivity (Wildman–Crippen MR) is 228 cm³/mol. The molecule has 0 aromatic heterocycles. The van der Waals surface area contributed by atoms with E-state index in [2.05, 4.69) is 39.8 Å². The van der Waals surface area contributed by atoms with E-state index in [0.29, 0.717) is 56.6 Å². The van der Waals surface area contributed by atoms with E-state index in [1.165, 1.54) is 0 Å². The summed E-state index contributed by atoms with van der Waals surface area (Å²) in [6.45, 7) is 3.00. The molecular formula is C48H56N4O6. The summed E-state index contributed by atoms with van der Waals surface area (Å²) in [4.78, 5) is 27.1. The fourth-order valence-electron chi connectivity index (χ4n) is 7.28. The van der Waals surface area contributed by atoms with E-state index < -0.39 is 12.4 Å². The molecule has 304 valence electrons. The lowest BCUT2D eigenvalue weighted by Crippen LogP contribution is -2.43. The number of likely N-dealkylation sites (N-methyl/N-ethyl adjacent to an activating group) is 1. The summed E-state index contributed by atoms with van der Waals surface area (Å²) in [5.74, 6) is -0.107. The molecule has 5 atom stereocenters. The summed E-state index contributed by atoms with van der Waals surface area (Å²) in [7, 11) is 2.01. The Bertz CT molecular complexity index is 2080. The quantitative estimate of drug-likeness (QED) is 0.0442. The van der Waals surface area contributed by atoms with Crippen molar-refractivity contribution < 1.29 is 29.3 Å². The maximum absolute atomic E-state index is 12.7. The molecule has 1 fully saturated rings. The SMILES string of the molecule is C[C@@H]([C@H](O)c1ccccc1)N(C)C[C@H]1C[C@@H](c2ccc(CO)cc2)O[C@@H](c2cccc(-c3cccc(CNC(=O)CCCCCC(=O)Nc4ccccc4N)c3)c2)O1. The molecule has 6 rings (SSSR count). The van der Waals surface area contributed by atoms with Gasteiger partial charge in [0.25, 0.3) is 0 Å². The van der Waals surface area contributed by atoms with E-state index in [1.807, 2.05) is 105 Å². The lowest BCUT2D eigenvalue weighted by Gasteiger charge is -2.39. The van der Waals surface area contributed by atoms with Crippen molar-refractivity contribution in [2.75, 3.05) is 24.6 Å². The van der Waals surface area contributed by atoms with Crippen LogP contribution >= 0.6 is 0 Å². The highest BCUT2D eigenvalue weighted by molar-refractivity contribution is 5.93. The fourth-order valence-corrected chi connectivity index (χ4v) is 7.28. The molecule has 1 aliphatic heterocycles. The van der Waals surface area contributed by atoms with Crippen LogP contribution in [0.3, 0.4) is 0 Å². The number of hydrogen-bond donors (Lipinski definition) is 5. The van der Waals surface area contributed by atoms with Crippen LogP contribution in [0.25, 0.3) is 11.1 Å². The van der Waals surface area contributed by atoms with E-state index in [1.54, 1.807) is 12.1 Å². The fraction of sp³-hybridized carbons (Fsp3) is 0.333. The van der Waals surface area contributed by atoms with Crippen molar-refractivity contribution in [2.45, 2.75) is 89.2 Å². The minimum atomic E-state index is -0.651. The molecule has 2 amide bonds. The van der Waals surface area contributed by atoms with Gasteiger partial charge in [-0.2, -0.15) is 0 Å². The Morgan fingerprint density at radius 3 is 2.21 bits per heavy atom. The number of nitrogens with zero attached hydrogens (tertiary/aromatic N) is 1. The van der Waals surface area contributed by atoms with Crippen LogP contribution in [-0.4, -0.2) is 52.7 Å². The molecule has 5 aromatic rings. The van der Waals surface area contributed by atoms with Gasteiger partial charge in [0.15, 0.2) is 6.29 Å². The van der Waals surface area contributed by atoms with Crippen LogP contribution in [0.2, 0.25) is 0 Å². The van der Waals surface area contributed by atoms with E-state index in [-0.39, 0.29) is 36.7 Å². The zero-order valence-electron chi connectivity index (χ0n) is 33.4. The number of carbonyl (C=O) groups is 2. The standard InChI is InChI=1S/C48H56N4O6/c1-33(47(56)37-14-5-3-6-15-37)52(2)31-41-29-44(36-25-23-34(32-53)24-26-36)58-48(57-41)40-18-12-17-39(28-40)38-16-11-13-35(27-38)30-50-45(54)21-7-4-8-22-46(55)51-43-20-10-9-19-42(43)49/h3,5-6,9-20,23-28,33,41,44,47-48,53,56H,4,7-8,21-22,29-32,49H2,1-2H3,(H,50,54)(H,51,55)/t33-,41+,44-,47-,48-/m0/s1. The Kier molecular flexibility index (Phi) is 15.2. The number of unbranched alkanes of at least 4 members (excludes halogenated alkanes) is 2. The summed E-state index contributed by atoms with van der Waals surface area (Å²) in [5.41, 5.74) is 13.7. The lowest BCUT2D eigenvalue weighted by molar-refractivity contribution is -0.253. The number of nitrogens with one attached hydrogen (secondary N) is 2. The van der Waals surface area contributed by atoms with Gasteiger partial charge in [0.2, 0.25) is 11.8 Å². The Balaban J connectivity index is 1.05. The summed E-state index contributed by atoms with van der Waals surface area (Å²) in [6, 6.07) is 40.9. The molecule has 58 heavy (non-hydrogen) atoms. The molecule has 1 aliphatic rings. The highest BCUT2D eigenvalue weighted by Crippen LogP contribution is 2.39. The van der Waals surface area contributed by atoms with E-state index in [0.717, 1.165) is 45.4 Å². The first-order valence-corrected chi connectivity index (χ1v) is 20.2. The largest absolute Gasteiger partial charge is 0.397 e. The minimum absolute atomic E-state index is 0.0229. The first-order chi connectivity index (χ1) is 28.2. The van der Waals surface area contributed by atoms with Crippen LogP contribution in [0.5, 0.6) is 0 Å². The maximum Gasteiger partial charge on any atom is 0.224 e. The molecule has 6 N–H and O–H groups in total. The van der Waals surface area contributed by atoms with E-state index >= 15 is 0 Å². The smallest absolute Gasteiger partial charge is 0.224 e. The summed E-state index contributed by atoms with van der Waals surface area (Å²) in [6.07, 6.45) is 1.85. The van der Waals surface area contributed by atoms with Gasteiger partial charge in [0.1, 0.15) is 0 Å². The number of benzene rings is 5. The first-order valence-electron chi connectivity index (χ1n) is 20.2. The topological polar surface area (TPSA) is 146 Å². The molecular weight excluding hydrogens is 729 g/mol. The second-order valence-electron chi connectivity index (χ2n) is 15.2. The number of anilines is 2. The zero-order chi connectivity index (χ0) is 40.9. The molecule has 1 saturated heterocycles. The monoisotopic (exact) mass is 784 g/mol. The van der Waals surface area contributed by atoms with Crippen LogP contribution in [-0.2, 0) is 32.2 Å². The summed E-state index contributed by atoms with van der Waals surface area (Å²) >= 11 is 0. The van der Waals surface area contributed by atoms with Crippen LogP contribution in [0, 0.1) is 0 Å². The number of aliphatic hydroxyl groups excluding tert-OH is 2. The molecule has 0 aliphatic carbocycles. The average molecular weight is 785 g/mol. The van der Waals surface area contributed by atoms with Gasteiger partial charge in [-0.1, -0.05) is 110 Å². The number of carbonyl (C=O) groups excluding carboxylic acids is 2. The third kappa shape index (κ3) is 11.8. The van der Waals surface area contributed by atoms with Crippen molar-refractivity contribution in [3.8, 4) is 11.1 Å². The van der Waals surface area contributed by atoms with Crippen molar-refractivity contribution in [1.29, 1.82) is 0 Å². The normalized spacial score (nSPS) is 17.7. The van der Waals surface area contributed by atoms with Crippen molar-refractivity contribution in [3.05, 3.63) is 155 Å². The van der Waals surface area contributed by atoms with Crippen LogP contribution in [0.1, 0.15) is 91.8 Å². The molecule has 10 nitrogen and oxygen atoms in total. The van der Waals surface area contributed by atoms with Gasteiger partial charge in [0, 0.05) is 44.0 Å². The second-order valence-corrected chi connectivity index (χ2v) is 15.2. The lowest BCUT2D eigenvalue weighted by atomic mass is 9.97. The maximum atomic E-state index is 12.7. The molecule has 0 bridgehead atoms. The van der Waals surface area contributed by atoms with Gasteiger partial charge in [-0.25, -0.2) is 0 Å². The van der Waals surface area contributed by atoms with E-state index in [9.17, 15) is 19.8 Å². The second kappa shape index (κ2) is 20.9. The van der Waals surface area contributed by atoms with Gasteiger partial charge < -0.3 is 36.1 Å². The highest BCUT2D eigenvalue weighted by atomic mass is 16.7. The van der Waals surface area contributed by atoms with Crippen molar-refractivity contribution in [1.82, 2.24) is 10.2 Å². The number of hydrogen-bond acceptors (Lipinski definition) is 8. The zero-order valence-corrected chi connectivity index (χ0v) is 33.4. The number of para-hydroxylation sites is 2. The number of amides is 2. The van der Waals surface area contributed by atoms with Gasteiger partial charge in [0.05, 0.1) is 36.3 Å². The Hall–Kier alpha value is -5.36.